The zero-order valence-corrected chi connectivity index (χ0v) is 13.2. The molecular formula is C18H14Cl2FN. The summed E-state index contributed by atoms with van der Waals surface area (Å²) in [7, 11) is 0. The summed E-state index contributed by atoms with van der Waals surface area (Å²) in [4.78, 5) is 0. The highest BCUT2D eigenvalue weighted by molar-refractivity contribution is 6.36. The molecule has 0 radical (unpaired) electrons. The molecule has 3 unspecified atom stereocenters. The minimum Gasteiger partial charge on any atom is -0.376 e. The normalized spacial score (nSPS) is 25.5. The standard InChI is InChI=1S/C18H14Cl2FN/c19-14-8-9-15(20)18-16(14)12-2-1-3-13(12)17(22-18)10-4-6-11(21)7-5-10/h1-2,4-9,12-13,17,22H,3H2. The predicted octanol–water partition coefficient (Wildman–Crippen LogP) is 5.96. The molecular weight excluding hydrogens is 320 g/mol. The lowest BCUT2D eigenvalue weighted by molar-refractivity contribution is 0.425. The third-order valence-corrected chi connectivity index (χ3v) is 5.29. The molecule has 3 atom stereocenters. The van der Waals surface area contributed by atoms with E-state index in [0.29, 0.717) is 10.9 Å². The summed E-state index contributed by atoms with van der Waals surface area (Å²) in [5, 5.41) is 4.95. The lowest BCUT2D eigenvalue weighted by Gasteiger charge is -2.38. The van der Waals surface area contributed by atoms with Gasteiger partial charge < -0.3 is 5.32 Å². The van der Waals surface area contributed by atoms with Gasteiger partial charge in [-0.3, -0.25) is 0 Å². The van der Waals surface area contributed by atoms with Crippen molar-refractivity contribution in [1.82, 2.24) is 0 Å². The number of allylic oxidation sites excluding steroid dienone is 2. The molecule has 1 heterocycles. The monoisotopic (exact) mass is 333 g/mol. The van der Waals surface area contributed by atoms with Crippen molar-refractivity contribution in [2.75, 3.05) is 5.32 Å². The van der Waals surface area contributed by atoms with Crippen LogP contribution in [0, 0.1) is 11.7 Å². The molecule has 0 saturated carbocycles. The number of anilines is 1. The molecule has 0 saturated heterocycles. The topological polar surface area (TPSA) is 12.0 Å². The van der Waals surface area contributed by atoms with Gasteiger partial charge in [-0.2, -0.15) is 0 Å². The van der Waals surface area contributed by atoms with E-state index in [9.17, 15) is 4.39 Å². The van der Waals surface area contributed by atoms with E-state index in [1.54, 1.807) is 0 Å². The third kappa shape index (κ3) is 2.13. The molecule has 2 aromatic rings. The van der Waals surface area contributed by atoms with Crippen LogP contribution in [0.25, 0.3) is 0 Å². The van der Waals surface area contributed by atoms with E-state index in [2.05, 4.69) is 17.5 Å². The lowest BCUT2D eigenvalue weighted by atomic mass is 9.77. The van der Waals surface area contributed by atoms with Gasteiger partial charge in [-0.05, 0) is 42.2 Å². The minimum absolute atomic E-state index is 0.101. The van der Waals surface area contributed by atoms with E-state index in [1.807, 2.05) is 24.3 Å². The third-order valence-electron chi connectivity index (χ3n) is 4.64. The molecule has 4 rings (SSSR count). The molecule has 0 bridgehead atoms. The van der Waals surface area contributed by atoms with Crippen molar-refractivity contribution >= 4 is 28.9 Å². The average molecular weight is 334 g/mol. The summed E-state index contributed by atoms with van der Waals surface area (Å²) in [5.41, 5.74) is 3.05. The van der Waals surface area contributed by atoms with Gasteiger partial charge in [0.25, 0.3) is 0 Å². The van der Waals surface area contributed by atoms with Gasteiger partial charge in [0, 0.05) is 16.5 Å². The molecule has 0 amide bonds. The van der Waals surface area contributed by atoms with Gasteiger partial charge in [0.1, 0.15) is 5.82 Å². The fourth-order valence-corrected chi connectivity index (χ4v) is 4.13. The summed E-state index contributed by atoms with van der Waals surface area (Å²) in [6.07, 6.45) is 5.38. The largest absolute Gasteiger partial charge is 0.376 e. The molecule has 1 N–H and O–H groups in total. The smallest absolute Gasteiger partial charge is 0.123 e. The predicted molar refractivity (Wildman–Crippen MR) is 89.2 cm³/mol. The Hall–Kier alpha value is -1.51. The molecule has 22 heavy (non-hydrogen) atoms. The van der Waals surface area contributed by atoms with Gasteiger partial charge in [-0.1, -0.05) is 47.5 Å². The second-order valence-electron chi connectivity index (χ2n) is 5.84. The molecule has 112 valence electrons. The Labute approximate surface area is 138 Å². The number of hydrogen-bond donors (Lipinski definition) is 1. The second kappa shape index (κ2) is 5.29. The first-order valence-corrected chi connectivity index (χ1v) is 8.07. The summed E-state index contributed by atoms with van der Waals surface area (Å²) in [6.45, 7) is 0. The van der Waals surface area contributed by atoms with Crippen LogP contribution in [0.3, 0.4) is 0 Å². The van der Waals surface area contributed by atoms with Crippen LogP contribution < -0.4 is 5.32 Å². The number of nitrogens with one attached hydrogen (secondary N) is 1. The molecule has 0 spiro atoms. The Morgan fingerprint density at radius 1 is 1.00 bits per heavy atom. The molecule has 1 aliphatic heterocycles. The summed E-state index contributed by atoms with van der Waals surface area (Å²) in [6, 6.07) is 10.5. The molecule has 1 aliphatic carbocycles. The van der Waals surface area contributed by atoms with Crippen LogP contribution in [0.5, 0.6) is 0 Å². The van der Waals surface area contributed by atoms with Crippen molar-refractivity contribution in [3.63, 3.8) is 0 Å². The van der Waals surface area contributed by atoms with Crippen molar-refractivity contribution < 1.29 is 4.39 Å². The molecule has 0 fully saturated rings. The summed E-state index contributed by atoms with van der Waals surface area (Å²) in [5.74, 6) is 0.397. The van der Waals surface area contributed by atoms with E-state index in [4.69, 9.17) is 23.2 Å². The number of fused-ring (bicyclic) bond motifs is 3. The first kappa shape index (κ1) is 14.1. The first-order valence-electron chi connectivity index (χ1n) is 7.31. The first-order chi connectivity index (χ1) is 10.6. The van der Waals surface area contributed by atoms with Crippen molar-refractivity contribution in [3.05, 3.63) is 75.5 Å². The number of hydrogen-bond acceptors (Lipinski definition) is 1. The van der Waals surface area contributed by atoms with E-state index in [0.717, 1.165) is 28.3 Å². The highest BCUT2D eigenvalue weighted by atomic mass is 35.5. The van der Waals surface area contributed by atoms with Gasteiger partial charge in [0.2, 0.25) is 0 Å². The van der Waals surface area contributed by atoms with Crippen molar-refractivity contribution in [2.24, 2.45) is 5.92 Å². The van der Waals surface area contributed by atoms with Gasteiger partial charge >= 0.3 is 0 Å². The highest BCUT2D eigenvalue weighted by Crippen LogP contribution is 2.53. The Balaban J connectivity index is 1.84. The fourth-order valence-electron chi connectivity index (χ4n) is 3.63. The molecule has 4 heteroatoms. The zero-order valence-electron chi connectivity index (χ0n) is 11.7. The van der Waals surface area contributed by atoms with Crippen molar-refractivity contribution in [2.45, 2.75) is 18.4 Å². The van der Waals surface area contributed by atoms with Gasteiger partial charge in [0.15, 0.2) is 0 Å². The lowest BCUT2D eigenvalue weighted by Crippen LogP contribution is -2.29. The fraction of sp³-hybridized carbons (Fsp3) is 0.222. The number of halogens is 3. The SMILES string of the molecule is Fc1ccc(C2Nc3c(Cl)ccc(Cl)c3C3C=CCC32)cc1. The van der Waals surface area contributed by atoms with Gasteiger partial charge in [0.05, 0.1) is 16.8 Å². The van der Waals surface area contributed by atoms with E-state index in [1.165, 1.54) is 12.1 Å². The van der Waals surface area contributed by atoms with Crippen LogP contribution in [0.1, 0.15) is 29.5 Å². The molecule has 1 nitrogen and oxygen atoms in total. The maximum Gasteiger partial charge on any atom is 0.123 e. The van der Waals surface area contributed by atoms with Crippen LogP contribution in [0.15, 0.2) is 48.6 Å². The molecule has 2 aromatic carbocycles. The maximum atomic E-state index is 13.2. The van der Waals surface area contributed by atoms with Crippen LogP contribution in [0.2, 0.25) is 10.0 Å². The second-order valence-corrected chi connectivity index (χ2v) is 6.66. The van der Waals surface area contributed by atoms with Gasteiger partial charge in [-0.25, -0.2) is 4.39 Å². The number of benzene rings is 2. The van der Waals surface area contributed by atoms with Crippen molar-refractivity contribution in [1.29, 1.82) is 0 Å². The van der Waals surface area contributed by atoms with E-state index in [-0.39, 0.29) is 17.8 Å². The van der Waals surface area contributed by atoms with E-state index < -0.39 is 0 Å². The molecule has 2 aliphatic rings. The van der Waals surface area contributed by atoms with Crippen LogP contribution >= 0.6 is 23.2 Å². The Morgan fingerprint density at radius 3 is 2.50 bits per heavy atom. The molecule has 0 aromatic heterocycles. The van der Waals surface area contributed by atoms with E-state index >= 15 is 0 Å². The Kier molecular flexibility index (Phi) is 3.39. The van der Waals surface area contributed by atoms with Crippen molar-refractivity contribution in [3.8, 4) is 0 Å². The maximum absolute atomic E-state index is 13.2. The average Bonchev–Trinajstić information content (AvgIpc) is 3.00. The highest BCUT2D eigenvalue weighted by Gasteiger charge is 2.39. The Bertz CT molecular complexity index is 754. The van der Waals surface area contributed by atoms with Crippen LogP contribution in [0.4, 0.5) is 10.1 Å². The van der Waals surface area contributed by atoms with Crippen LogP contribution in [-0.4, -0.2) is 0 Å². The van der Waals surface area contributed by atoms with Gasteiger partial charge in [-0.15, -0.1) is 0 Å². The quantitative estimate of drug-likeness (QED) is 0.635. The summed E-state index contributed by atoms with van der Waals surface area (Å²) >= 11 is 12.8. The minimum atomic E-state index is -0.220. The number of rotatable bonds is 1. The zero-order chi connectivity index (χ0) is 15.3. The van der Waals surface area contributed by atoms with Crippen LogP contribution in [-0.2, 0) is 0 Å². The summed E-state index contributed by atoms with van der Waals surface area (Å²) < 4.78 is 13.2. The Morgan fingerprint density at radius 2 is 1.73 bits per heavy atom.